The number of aliphatic carboxylic acids is 1. The first kappa shape index (κ1) is 18.4. The van der Waals surface area contributed by atoms with Crippen LogP contribution in [0.5, 0.6) is 0 Å². The molecule has 3 N–H and O–H groups in total. The molecule has 1 unspecified atom stereocenters. The Balaban J connectivity index is 1.96. The van der Waals surface area contributed by atoms with Crippen molar-refractivity contribution in [2.24, 2.45) is 5.92 Å². The molecule has 0 fully saturated rings. The van der Waals surface area contributed by atoms with E-state index in [0.717, 1.165) is 22.2 Å². The molecule has 0 aliphatic rings. The van der Waals surface area contributed by atoms with Crippen molar-refractivity contribution in [1.29, 1.82) is 0 Å². The molecule has 0 saturated carbocycles. The maximum Gasteiger partial charge on any atom is 0.322 e. The van der Waals surface area contributed by atoms with E-state index in [2.05, 4.69) is 29.5 Å². The van der Waals surface area contributed by atoms with Gasteiger partial charge < -0.3 is 15.7 Å². The van der Waals surface area contributed by atoms with Crippen molar-refractivity contribution in [2.45, 2.75) is 33.2 Å². The summed E-state index contributed by atoms with van der Waals surface area (Å²) in [5, 5.41) is 14.9. The fourth-order valence-electron chi connectivity index (χ4n) is 2.25. The van der Waals surface area contributed by atoms with Crippen molar-refractivity contribution in [2.75, 3.05) is 13.1 Å². The van der Waals surface area contributed by atoms with Gasteiger partial charge in [0.1, 0.15) is 6.04 Å². The molecule has 7 heteroatoms. The minimum Gasteiger partial charge on any atom is -0.480 e. The molecule has 1 atom stereocenters. The summed E-state index contributed by atoms with van der Waals surface area (Å²) in [6, 6.07) is 2.85. The van der Waals surface area contributed by atoms with Crippen LogP contribution >= 0.6 is 11.3 Å². The molecule has 1 amide bonds. The molecule has 2 heterocycles. The van der Waals surface area contributed by atoms with Gasteiger partial charge in [0.2, 0.25) is 0 Å². The molecular weight excluding hydrogens is 326 g/mol. The van der Waals surface area contributed by atoms with E-state index in [1.165, 1.54) is 11.3 Å². The maximum atomic E-state index is 12.3. The standard InChI is InChI=1S/C17H23N3O3S/c1-10(2)4-6-19-13(17(22)23)9-20-16(21)14-8-12-15(24-14)11(3)5-7-18-12/h5,7-8,10,13,19H,4,6,9H2,1-3H3,(H,20,21)(H,22,23). The summed E-state index contributed by atoms with van der Waals surface area (Å²) in [6.45, 7) is 6.79. The van der Waals surface area contributed by atoms with Crippen LogP contribution in [0.4, 0.5) is 0 Å². The van der Waals surface area contributed by atoms with Gasteiger partial charge in [-0.05, 0) is 43.5 Å². The maximum absolute atomic E-state index is 12.3. The number of nitrogens with one attached hydrogen (secondary N) is 2. The first-order valence-electron chi connectivity index (χ1n) is 7.98. The van der Waals surface area contributed by atoms with Gasteiger partial charge in [-0.25, -0.2) is 0 Å². The minimum atomic E-state index is -0.965. The molecule has 2 rings (SSSR count). The number of nitrogens with zero attached hydrogens (tertiary/aromatic N) is 1. The Labute approximate surface area is 145 Å². The number of carbonyl (C=O) groups excluding carboxylic acids is 1. The van der Waals surface area contributed by atoms with Gasteiger partial charge in [0.25, 0.3) is 5.91 Å². The summed E-state index contributed by atoms with van der Waals surface area (Å²) in [4.78, 5) is 28.4. The van der Waals surface area contributed by atoms with Crippen LogP contribution in [0.25, 0.3) is 10.2 Å². The number of hydrogen-bond acceptors (Lipinski definition) is 5. The van der Waals surface area contributed by atoms with Gasteiger partial charge in [-0.15, -0.1) is 11.3 Å². The van der Waals surface area contributed by atoms with Crippen molar-refractivity contribution in [3.8, 4) is 0 Å². The van der Waals surface area contributed by atoms with Crippen molar-refractivity contribution in [1.82, 2.24) is 15.6 Å². The molecule has 6 nitrogen and oxygen atoms in total. The molecular formula is C17H23N3O3S. The number of carboxylic acid groups (broad SMARTS) is 1. The Kier molecular flexibility index (Phi) is 6.28. The molecule has 0 bridgehead atoms. The van der Waals surface area contributed by atoms with Crippen molar-refractivity contribution < 1.29 is 14.7 Å². The number of pyridine rings is 1. The number of amides is 1. The quantitative estimate of drug-likeness (QED) is 0.681. The summed E-state index contributed by atoms with van der Waals surface area (Å²) in [5.41, 5.74) is 1.86. The lowest BCUT2D eigenvalue weighted by atomic mass is 10.1. The summed E-state index contributed by atoms with van der Waals surface area (Å²) >= 11 is 1.37. The number of aromatic nitrogens is 1. The van der Waals surface area contributed by atoms with E-state index in [1.807, 2.05) is 13.0 Å². The van der Waals surface area contributed by atoms with Gasteiger partial charge in [-0.3, -0.25) is 14.6 Å². The van der Waals surface area contributed by atoms with Crippen molar-refractivity contribution in [3.63, 3.8) is 0 Å². The number of carboxylic acids is 1. The molecule has 0 aliphatic carbocycles. The largest absolute Gasteiger partial charge is 0.480 e. The molecule has 0 radical (unpaired) electrons. The number of carbonyl (C=O) groups is 2. The third-order valence-corrected chi connectivity index (χ3v) is 4.97. The predicted octanol–water partition coefficient (Wildman–Crippen LogP) is 2.42. The van der Waals surface area contributed by atoms with Crippen LogP contribution in [0.3, 0.4) is 0 Å². The summed E-state index contributed by atoms with van der Waals surface area (Å²) < 4.78 is 0.979. The van der Waals surface area contributed by atoms with Crippen LogP contribution < -0.4 is 10.6 Å². The lowest BCUT2D eigenvalue weighted by Crippen LogP contribution is -2.46. The number of aryl methyl sites for hydroxylation is 1. The second-order valence-electron chi connectivity index (χ2n) is 6.19. The molecule has 24 heavy (non-hydrogen) atoms. The first-order chi connectivity index (χ1) is 11.4. The van der Waals surface area contributed by atoms with E-state index in [9.17, 15) is 14.7 Å². The zero-order valence-corrected chi connectivity index (χ0v) is 14.9. The molecule has 0 saturated heterocycles. The van der Waals surface area contributed by atoms with Gasteiger partial charge in [-0.2, -0.15) is 0 Å². The zero-order valence-electron chi connectivity index (χ0n) is 14.1. The third kappa shape index (κ3) is 4.75. The monoisotopic (exact) mass is 349 g/mol. The Bertz CT molecular complexity index is 727. The van der Waals surface area contributed by atoms with Gasteiger partial charge >= 0.3 is 5.97 Å². The van der Waals surface area contributed by atoms with E-state index in [4.69, 9.17) is 0 Å². The van der Waals surface area contributed by atoms with Crippen molar-refractivity contribution >= 4 is 33.4 Å². The summed E-state index contributed by atoms with van der Waals surface area (Å²) in [7, 11) is 0. The topological polar surface area (TPSA) is 91.3 Å². The Morgan fingerprint density at radius 2 is 2.12 bits per heavy atom. The van der Waals surface area contributed by atoms with Crippen LogP contribution in [-0.4, -0.2) is 41.1 Å². The van der Waals surface area contributed by atoms with Gasteiger partial charge in [0.05, 0.1) is 15.1 Å². The lowest BCUT2D eigenvalue weighted by Gasteiger charge is -2.15. The summed E-state index contributed by atoms with van der Waals surface area (Å²) in [6.07, 6.45) is 2.60. The van der Waals surface area contributed by atoms with Gasteiger partial charge in [-0.1, -0.05) is 13.8 Å². The molecule has 0 spiro atoms. The number of rotatable bonds is 8. The second-order valence-corrected chi connectivity index (χ2v) is 7.24. The smallest absolute Gasteiger partial charge is 0.322 e. The van der Waals surface area contributed by atoms with Crippen LogP contribution in [0.2, 0.25) is 0 Å². The number of hydrogen-bond donors (Lipinski definition) is 3. The Morgan fingerprint density at radius 1 is 1.38 bits per heavy atom. The van der Waals surface area contributed by atoms with Crippen LogP contribution in [-0.2, 0) is 4.79 Å². The zero-order chi connectivity index (χ0) is 17.7. The lowest BCUT2D eigenvalue weighted by molar-refractivity contribution is -0.139. The van der Waals surface area contributed by atoms with Gasteiger partial charge in [0, 0.05) is 12.7 Å². The summed E-state index contributed by atoms with van der Waals surface area (Å²) in [5.74, 6) is -0.738. The van der Waals surface area contributed by atoms with E-state index in [1.54, 1.807) is 12.3 Å². The first-order valence-corrected chi connectivity index (χ1v) is 8.79. The fourth-order valence-corrected chi connectivity index (χ4v) is 3.25. The highest BCUT2D eigenvalue weighted by atomic mass is 32.1. The average Bonchev–Trinajstić information content (AvgIpc) is 2.95. The predicted molar refractivity (Wildman–Crippen MR) is 95.6 cm³/mol. The Hall–Kier alpha value is -1.99. The van der Waals surface area contributed by atoms with Crippen molar-refractivity contribution in [3.05, 3.63) is 28.8 Å². The normalized spacial score (nSPS) is 12.5. The average molecular weight is 349 g/mol. The molecule has 0 aromatic carbocycles. The molecule has 2 aromatic rings. The molecule has 2 aromatic heterocycles. The van der Waals surface area contributed by atoms with Crippen LogP contribution in [0.15, 0.2) is 18.3 Å². The molecule has 0 aliphatic heterocycles. The highest BCUT2D eigenvalue weighted by Crippen LogP contribution is 2.26. The minimum absolute atomic E-state index is 0.0485. The van der Waals surface area contributed by atoms with Crippen LogP contribution in [0, 0.1) is 12.8 Å². The molecule has 130 valence electrons. The van der Waals surface area contributed by atoms with E-state index >= 15 is 0 Å². The second kappa shape index (κ2) is 8.21. The third-order valence-electron chi connectivity index (χ3n) is 3.71. The fraction of sp³-hybridized carbons (Fsp3) is 0.471. The van der Waals surface area contributed by atoms with E-state index in [-0.39, 0.29) is 12.5 Å². The van der Waals surface area contributed by atoms with E-state index < -0.39 is 12.0 Å². The highest BCUT2D eigenvalue weighted by Gasteiger charge is 2.19. The van der Waals surface area contributed by atoms with Gasteiger partial charge in [0.15, 0.2) is 0 Å². The van der Waals surface area contributed by atoms with Crippen LogP contribution in [0.1, 0.15) is 35.5 Å². The van der Waals surface area contributed by atoms with E-state index in [0.29, 0.717) is 17.3 Å². The Morgan fingerprint density at radius 3 is 2.75 bits per heavy atom. The number of fused-ring (bicyclic) bond motifs is 1. The SMILES string of the molecule is Cc1ccnc2cc(C(=O)NCC(NCCC(C)C)C(=O)O)sc12. The number of thiophene rings is 1. The highest BCUT2D eigenvalue weighted by molar-refractivity contribution is 7.21.